The van der Waals surface area contributed by atoms with Gasteiger partial charge < -0.3 is 11.1 Å². The van der Waals surface area contributed by atoms with E-state index in [4.69, 9.17) is 5.73 Å². The topological polar surface area (TPSA) is 50.9 Å². The SMILES string of the molecule is Nc1ccnc(NC2CCCC2)c1. The van der Waals surface area contributed by atoms with Crippen LogP contribution in [0, 0.1) is 0 Å². The van der Waals surface area contributed by atoms with Crippen LogP contribution in [0.5, 0.6) is 0 Å². The molecule has 1 aromatic heterocycles. The van der Waals surface area contributed by atoms with E-state index < -0.39 is 0 Å². The molecule has 0 aromatic carbocycles. The first-order valence-corrected chi connectivity index (χ1v) is 4.83. The molecule has 13 heavy (non-hydrogen) atoms. The molecule has 3 heteroatoms. The predicted molar refractivity (Wildman–Crippen MR) is 54.5 cm³/mol. The van der Waals surface area contributed by atoms with Crippen LogP contribution in [-0.4, -0.2) is 11.0 Å². The molecule has 0 saturated heterocycles. The van der Waals surface area contributed by atoms with Crippen molar-refractivity contribution in [2.75, 3.05) is 11.1 Å². The number of aromatic nitrogens is 1. The maximum atomic E-state index is 5.65. The smallest absolute Gasteiger partial charge is 0.128 e. The lowest BCUT2D eigenvalue weighted by molar-refractivity contribution is 0.751. The van der Waals surface area contributed by atoms with Crippen molar-refractivity contribution in [2.45, 2.75) is 31.7 Å². The lowest BCUT2D eigenvalue weighted by Gasteiger charge is -2.12. The first kappa shape index (κ1) is 8.35. The zero-order valence-electron chi connectivity index (χ0n) is 7.66. The summed E-state index contributed by atoms with van der Waals surface area (Å²) in [4.78, 5) is 4.21. The zero-order valence-corrected chi connectivity index (χ0v) is 7.66. The van der Waals surface area contributed by atoms with E-state index in [-0.39, 0.29) is 0 Å². The fourth-order valence-electron chi connectivity index (χ4n) is 1.81. The molecular weight excluding hydrogens is 162 g/mol. The molecule has 0 unspecified atom stereocenters. The van der Waals surface area contributed by atoms with Gasteiger partial charge in [-0.05, 0) is 18.9 Å². The van der Waals surface area contributed by atoms with Crippen molar-refractivity contribution < 1.29 is 0 Å². The Balaban J connectivity index is 2.00. The molecule has 0 radical (unpaired) electrons. The third-order valence-electron chi connectivity index (χ3n) is 2.49. The maximum absolute atomic E-state index is 5.65. The number of nitrogens with one attached hydrogen (secondary N) is 1. The quantitative estimate of drug-likeness (QED) is 0.726. The average molecular weight is 177 g/mol. The van der Waals surface area contributed by atoms with Crippen LogP contribution in [0.3, 0.4) is 0 Å². The van der Waals surface area contributed by atoms with Gasteiger partial charge in [0.1, 0.15) is 5.82 Å². The van der Waals surface area contributed by atoms with Crippen LogP contribution in [0.1, 0.15) is 25.7 Å². The Morgan fingerprint density at radius 3 is 2.85 bits per heavy atom. The summed E-state index contributed by atoms with van der Waals surface area (Å²) in [6.07, 6.45) is 6.93. The number of nitrogens with zero attached hydrogens (tertiary/aromatic N) is 1. The monoisotopic (exact) mass is 177 g/mol. The molecule has 1 fully saturated rings. The van der Waals surface area contributed by atoms with Crippen molar-refractivity contribution in [1.29, 1.82) is 0 Å². The van der Waals surface area contributed by atoms with Crippen LogP contribution < -0.4 is 11.1 Å². The highest BCUT2D eigenvalue weighted by atomic mass is 15.0. The minimum atomic E-state index is 0.606. The van der Waals surface area contributed by atoms with E-state index in [1.165, 1.54) is 25.7 Å². The largest absolute Gasteiger partial charge is 0.399 e. The molecule has 1 saturated carbocycles. The van der Waals surface area contributed by atoms with E-state index in [0.29, 0.717) is 6.04 Å². The number of hydrogen-bond acceptors (Lipinski definition) is 3. The van der Waals surface area contributed by atoms with Gasteiger partial charge in [0.05, 0.1) is 0 Å². The van der Waals surface area contributed by atoms with Gasteiger partial charge in [-0.15, -0.1) is 0 Å². The lowest BCUT2D eigenvalue weighted by atomic mass is 10.2. The van der Waals surface area contributed by atoms with Gasteiger partial charge in [-0.2, -0.15) is 0 Å². The number of anilines is 2. The summed E-state index contributed by atoms with van der Waals surface area (Å²) in [5.41, 5.74) is 6.43. The lowest BCUT2D eigenvalue weighted by Crippen LogP contribution is -2.15. The van der Waals surface area contributed by atoms with Gasteiger partial charge in [0.15, 0.2) is 0 Å². The van der Waals surface area contributed by atoms with Gasteiger partial charge in [-0.25, -0.2) is 4.98 Å². The van der Waals surface area contributed by atoms with Gasteiger partial charge in [0.25, 0.3) is 0 Å². The summed E-state index contributed by atoms with van der Waals surface area (Å²) in [5, 5.41) is 3.39. The van der Waals surface area contributed by atoms with Crippen LogP contribution in [0.15, 0.2) is 18.3 Å². The van der Waals surface area contributed by atoms with Crippen molar-refractivity contribution in [2.24, 2.45) is 0 Å². The zero-order chi connectivity index (χ0) is 9.10. The number of nitrogens with two attached hydrogens (primary N) is 1. The van der Waals surface area contributed by atoms with E-state index in [1.54, 1.807) is 12.3 Å². The van der Waals surface area contributed by atoms with Gasteiger partial charge >= 0.3 is 0 Å². The van der Waals surface area contributed by atoms with Crippen molar-refractivity contribution >= 4 is 11.5 Å². The fraction of sp³-hybridized carbons (Fsp3) is 0.500. The predicted octanol–water partition coefficient (Wildman–Crippen LogP) is 2.02. The fourth-order valence-corrected chi connectivity index (χ4v) is 1.81. The van der Waals surface area contributed by atoms with Crippen molar-refractivity contribution in [3.63, 3.8) is 0 Å². The molecule has 1 heterocycles. The van der Waals surface area contributed by atoms with Crippen LogP contribution in [0.4, 0.5) is 11.5 Å². The molecule has 1 aliphatic carbocycles. The second-order valence-corrected chi connectivity index (χ2v) is 3.60. The summed E-state index contributed by atoms with van der Waals surface area (Å²) >= 11 is 0. The van der Waals surface area contributed by atoms with E-state index >= 15 is 0 Å². The number of pyridine rings is 1. The van der Waals surface area contributed by atoms with E-state index in [2.05, 4.69) is 10.3 Å². The third-order valence-corrected chi connectivity index (χ3v) is 2.49. The van der Waals surface area contributed by atoms with Gasteiger partial charge in [0.2, 0.25) is 0 Å². The molecule has 3 nitrogen and oxygen atoms in total. The normalized spacial score (nSPS) is 17.5. The first-order chi connectivity index (χ1) is 6.34. The summed E-state index contributed by atoms with van der Waals surface area (Å²) < 4.78 is 0. The highest BCUT2D eigenvalue weighted by Crippen LogP contribution is 2.21. The number of rotatable bonds is 2. The molecule has 1 aliphatic rings. The second-order valence-electron chi connectivity index (χ2n) is 3.60. The molecule has 70 valence electrons. The molecule has 0 spiro atoms. The van der Waals surface area contributed by atoms with Gasteiger partial charge in [-0.3, -0.25) is 0 Å². The van der Waals surface area contributed by atoms with E-state index in [1.807, 2.05) is 6.07 Å². The molecule has 2 rings (SSSR count). The minimum absolute atomic E-state index is 0.606. The number of nitrogen functional groups attached to an aromatic ring is 1. The summed E-state index contributed by atoms with van der Waals surface area (Å²) in [7, 11) is 0. The highest BCUT2D eigenvalue weighted by Gasteiger charge is 2.14. The van der Waals surface area contributed by atoms with Crippen LogP contribution in [0.2, 0.25) is 0 Å². The van der Waals surface area contributed by atoms with E-state index in [0.717, 1.165) is 11.5 Å². The second kappa shape index (κ2) is 3.64. The maximum Gasteiger partial charge on any atom is 0.128 e. The van der Waals surface area contributed by atoms with E-state index in [9.17, 15) is 0 Å². The molecule has 1 aromatic rings. The first-order valence-electron chi connectivity index (χ1n) is 4.83. The third kappa shape index (κ3) is 2.11. The minimum Gasteiger partial charge on any atom is -0.399 e. The molecule has 3 N–H and O–H groups in total. The Bertz CT molecular complexity index is 279. The Labute approximate surface area is 78.4 Å². The van der Waals surface area contributed by atoms with Crippen molar-refractivity contribution in [3.8, 4) is 0 Å². The summed E-state index contributed by atoms with van der Waals surface area (Å²) in [6, 6.07) is 4.30. The number of hydrogen-bond donors (Lipinski definition) is 2. The van der Waals surface area contributed by atoms with Crippen LogP contribution in [-0.2, 0) is 0 Å². The Kier molecular flexibility index (Phi) is 2.34. The highest BCUT2D eigenvalue weighted by molar-refractivity contribution is 5.48. The van der Waals surface area contributed by atoms with Crippen LogP contribution in [0.25, 0.3) is 0 Å². The average Bonchev–Trinajstić information content (AvgIpc) is 2.57. The van der Waals surface area contributed by atoms with Crippen molar-refractivity contribution in [3.05, 3.63) is 18.3 Å². The Hall–Kier alpha value is -1.25. The molecular formula is C10H15N3. The summed E-state index contributed by atoms with van der Waals surface area (Å²) in [5.74, 6) is 0.909. The standard InChI is InChI=1S/C10H15N3/c11-8-5-6-12-10(7-8)13-9-3-1-2-4-9/h5-7,9H,1-4H2,(H3,11,12,13). The Morgan fingerprint density at radius 2 is 2.15 bits per heavy atom. The molecule has 0 atom stereocenters. The van der Waals surface area contributed by atoms with Crippen molar-refractivity contribution in [1.82, 2.24) is 4.98 Å². The van der Waals surface area contributed by atoms with Gasteiger partial charge in [-0.1, -0.05) is 12.8 Å². The molecule has 0 aliphatic heterocycles. The van der Waals surface area contributed by atoms with Crippen LogP contribution >= 0.6 is 0 Å². The molecule has 0 bridgehead atoms. The van der Waals surface area contributed by atoms with Gasteiger partial charge in [0, 0.05) is 24.0 Å². The Morgan fingerprint density at radius 1 is 1.38 bits per heavy atom. The summed E-state index contributed by atoms with van der Waals surface area (Å²) in [6.45, 7) is 0. The molecule has 0 amide bonds.